The molecule has 1 N–H and O–H groups in total. The maximum absolute atomic E-state index is 11.2. The normalized spacial score (nSPS) is 20.7. The van der Waals surface area contributed by atoms with Gasteiger partial charge in [0.05, 0.1) is 0 Å². The zero-order chi connectivity index (χ0) is 9.68. The van der Waals surface area contributed by atoms with E-state index >= 15 is 0 Å². The van der Waals surface area contributed by atoms with Gasteiger partial charge in [0.25, 0.3) is 5.91 Å². The van der Waals surface area contributed by atoms with Crippen LogP contribution in [0.2, 0.25) is 0 Å². The van der Waals surface area contributed by atoms with Crippen LogP contribution in [-0.2, 0) is 14.3 Å². The lowest BCUT2D eigenvalue weighted by Gasteiger charge is -2.06. The number of nitrogens with one attached hydrogen (secondary N) is 1. The Morgan fingerprint density at radius 2 is 2.46 bits per heavy atom. The van der Waals surface area contributed by atoms with Crippen molar-refractivity contribution in [1.82, 2.24) is 5.32 Å². The predicted octanol–water partition coefficient (Wildman–Crippen LogP) is 0.438. The van der Waals surface area contributed by atoms with Crippen LogP contribution >= 0.6 is 0 Å². The summed E-state index contributed by atoms with van der Waals surface area (Å²) < 4.78 is 9.05. The second kappa shape index (κ2) is 4.69. The Hall–Kier alpha value is -1.26. The summed E-state index contributed by atoms with van der Waals surface area (Å²) in [5.74, 6) is -0.278. The van der Waals surface area contributed by atoms with E-state index in [2.05, 4.69) is 14.8 Å². The van der Waals surface area contributed by atoms with E-state index in [1.54, 1.807) is 0 Å². The lowest BCUT2D eigenvalue weighted by atomic mass is 10.3. The summed E-state index contributed by atoms with van der Waals surface area (Å²) in [6.45, 7) is 2.67. The molecule has 1 saturated heterocycles. The predicted molar refractivity (Wildman–Crippen MR) is 44.1 cm³/mol. The van der Waals surface area contributed by atoms with E-state index in [1.807, 2.05) is 6.92 Å². The summed E-state index contributed by atoms with van der Waals surface area (Å²) in [5, 5.41) is 2.65. The van der Waals surface area contributed by atoms with Gasteiger partial charge in [0.1, 0.15) is 6.61 Å². The van der Waals surface area contributed by atoms with Crippen LogP contribution in [0.15, 0.2) is 0 Å². The molecule has 1 rings (SSSR count). The number of carbonyl (C=O) groups excluding carboxylic acids is 2. The maximum atomic E-state index is 11.2. The van der Waals surface area contributed by atoms with E-state index in [-0.39, 0.29) is 12.5 Å². The van der Waals surface area contributed by atoms with E-state index in [4.69, 9.17) is 0 Å². The van der Waals surface area contributed by atoms with Crippen molar-refractivity contribution in [2.45, 2.75) is 25.9 Å². The third-order valence-electron chi connectivity index (χ3n) is 1.71. The van der Waals surface area contributed by atoms with Crippen molar-refractivity contribution in [3.63, 3.8) is 0 Å². The molecule has 0 bridgehead atoms. The van der Waals surface area contributed by atoms with Crippen LogP contribution in [-0.4, -0.2) is 31.3 Å². The number of cyclic esters (lactones) is 2. The molecule has 5 heteroatoms. The number of hydrogen-bond acceptors (Lipinski definition) is 4. The average Bonchev–Trinajstić information content (AvgIpc) is 2.52. The van der Waals surface area contributed by atoms with Gasteiger partial charge in [0, 0.05) is 6.54 Å². The third kappa shape index (κ3) is 2.93. The molecular weight excluding hydrogens is 174 g/mol. The molecule has 5 nitrogen and oxygen atoms in total. The first kappa shape index (κ1) is 9.83. The van der Waals surface area contributed by atoms with E-state index < -0.39 is 12.3 Å². The van der Waals surface area contributed by atoms with Crippen LogP contribution in [0.3, 0.4) is 0 Å². The van der Waals surface area contributed by atoms with Crippen molar-refractivity contribution in [2.24, 2.45) is 0 Å². The number of rotatable bonds is 4. The number of unbranched alkanes of at least 4 members (excludes halogenated alkanes) is 1. The number of amides is 1. The molecule has 0 aromatic rings. The van der Waals surface area contributed by atoms with Gasteiger partial charge in [-0.2, -0.15) is 0 Å². The summed E-state index contributed by atoms with van der Waals surface area (Å²) in [5.41, 5.74) is 0. The number of carbonyl (C=O) groups is 2. The number of hydrogen-bond donors (Lipinski definition) is 1. The smallest absolute Gasteiger partial charge is 0.430 e. The number of ether oxygens (including phenoxy) is 2. The van der Waals surface area contributed by atoms with Gasteiger partial charge in [-0.25, -0.2) is 4.79 Å². The molecule has 1 aliphatic heterocycles. The monoisotopic (exact) mass is 187 g/mol. The van der Waals surface area contributed by atoms with Gasteiger partial charge in [-0.15, -0.1) is 0 Å². The molecule has 1 amide bonds. The van der Waals surface area contributed by atoms with Gasteiger partial charge < -0.3 is 14.8 Å². The molecular formula is C8H13NO4. The van der Waals surface area contributed by atoms with Crippen molar-refractivity contribution in [3.05, 3.63) is 0 Å². The van der Waals surface area contributed by atoms with Gasteiger partial charge in [0.2, 0.25) is 6.10 Å². The molecule has 1 atom stereocenters. The Morgan fingerprint density at radius 1 is 1.69 bits per heavy atom. The first-order valence-electron chi connectivity index (χ1n) is 4.35. The Bertz CT molecular complexity index is 204. The van der Waals surface area contributed by atoms with Crippen molar-refractivity contribution in [1.29, 1.82) is 0 Å². The lowest BCUT2D eigenvalue weighted by molar-refractivity contribution is -0.127. The van der Waals surface area contributed by atoms with Crippen molar-refractivity contribution >= 4 is 12.1 Å². The second-order valence-electron chi connectivity index (χ2n) is 2.81. The van der Waals surface area contributed by atoms with E-state index in [0.717, 1.165) is 12.8 Å². The summed E-state index contributed by atoms with van der Waals surface area (Å²) in [6, 6.07) is 0. The maximum Gasteiger partial charge on any atom is 0.509 e. The Labute approximate surface area is 76.4 Å². The summed E-state index contributed by atoms with van der Waals surface area (Å²) >= 11 is 0. The molecule has 1 heterocycles. The van der Waals surface area contributed by atoms with Gasteiger partial charge in [-0.05, 0) is 6.42 Å². The minimum atomic E-state index is -0.768. The molecule has 0 saturated carbocycles. The molecule has 0 radical (unpaired) electrons. The largest absolute Gasteiger partial charge is 0.509 e. The molecule has 0 aromatic carbocycles. The molecule has 0 spiro atoms. The fourth-order valence-electron chi connectivity index (χ4n) is 0.959. The third-order valence-corrected chi connectivity index (χ3v) is 1.71. The summed E-state index contributed by atoms with van der Waals surface area (Å²) in [7, 11) is 0. The molecule has 0 aliphatic carbocycles. The van der Waals surface area contributed by atoms with E-state index in [1.165, 1.54) is 0 Å². The fourth-order valence-corrected chi connectivity index (χ4v) is 0.959. The molecule has 74 valence electrons. The van der Waals surface area contributed by atoms with Gasteiger partial charge in [-0.3, -0.25) is 4.79 Å². The highest BCUT2D eigenvalue weighted by atomic mass is 16.8. The highest BCUT2D eigenvalue weighted by Gasteiger charge is 2.30. The quantitative estimate of drug-likeness (QED) is 0.512. The van der Waals surface area contributed by atoms with Crippen LogP contribution in [0.5, 0.6) is 0 Å². The Morgan fingerprint density at radius 3 is 3.00 bits per heavy atom. The molecule has 13 heavy (non-hydrogen) atoms. The van der Waals surface area contributed by atoms with E-state index in [0.29, 0.717) is 6.54 Å². The zero-order valence-corrected chi connectivity index (χ0v) is 7.54. The minimum absolute atomic E-state index is 0.0246. The first-order valence-corrected chi connectivity index (χ1v) is 4.35. The van der Waals surface area contributed by atoms with Crippen LogP contribution in [0.4, 0.5) is 4.79 Å². The highest BCUT2D eigenvalue weighted by Crippen LogP contribution is 2.05. The summed E-state index contributed by atoms with van der Waals surface area (Å²) in [6.07, 6.45) is 0.411. The van der Waals surface area contributed by atoms with Crippen molar-refractivity contribution in [3.8, 4) is 0 Å². The van der Waals surface area contributed by atoms with Crippen LogP contribution < -0.4 is 5.32 Å². The van der Waals surface area contributed by atoms with Gasteiger partial charge in [0.15, 0.2) is 0 Å². The fraction of sp³-hybridized carbons (Fsp3) is 0.750. The molecule has 0 aromatic heterocycles. The SMILES string of the molecule is CCCCNC(=O)C1COC(=O)O1. The Balaban J connectivity index is 2.20. The standard InChI is InChI=1S/C8H13NO4/c1-2-3-4-9-7(10)6-5-12-8(11)13-6/h6H,2-5H2,1H3,(H,9,10). The first-order chi connectivity index (χ1) is 6.24. The lowest BCUT2D eigenvalue weighted by Crippen LogP contribution is -2.36. The van der Waals surface area contributed by atoms with Crippen LogP contribution in [0.25, 0.3) is 0 Å². The van der Waals surface area contributed by atoms with Crippen molar-refractivity contribution < 1.29 is 19.1 Å². The highest BCUT2D eigenvalue weighted by molar-refractivity contribution is 5.84. The van der Waals surface area contributed by atoms with Gasteiger partial charge >= 0.3 is 6.16 Å². The molecule has 1 unspecified atom stereocenters. The second-order valence-corrected chi connectivity index (χ2v) is 2.81. The zero-order valence-electron chi connectivity index (χ0n) is 7.54. The summed E-state index contributed by atoms with van der Waals surface area (Å²) in [4.78, 5) is 21.7. The van der Waals surface area contributed by atoms with Crippen molar-refractivity contribution in [2.75, 3.05) is 13.2 Å². The topological polar surface area (TPSA) is 64.6 Å². The van der Waals surface area contributed by atoms with E-state index in [9.17, 15) is 9.59 Å². The van der Waals surface area contributed by atoms with Crippen LogP contribution in [0, 0.1) is 0 Å². The minimum Gasteiger partial charge on any atom is -0.430 e. The molecule has 1 aliphatic rings. The van der Waals surface area contributed by atoms with Gasteiger partial charge in [-0.1, -0.05) is 13.3 Å². The van der Waals surface area contributed by atoms with Crippen LogP contribution in [0.1, 0.15) is 19.8 Å². The average molecular weight is 187 g/mol. The molecule has 1 fully saturated rings. The Kier molecular flexibility index (Phi) is 3.54.